The highest BCUT2D eigenvalue weighted by Crippen LogP contribution is 2.31. The van der Waals surface area contributed by atoms with Crippen LogP contribution in [0.25, 0.3) is 0 Å². The van der Waals surface area contributed by atoms with Crippen molar-refractivity contribution in [3.8, 4) is 0 Å². The van der Waals surface area contributed by atoms with Crippen LogP contribution >= 0.6 is 0 Å². The number of aromatic nitrogens is 2. The molecule has 0 radical (unpaired) electrons. The first-order valence-electron chi connectivity index (χ1n) is 7.08. The van der Waals surface area contributed by atoms with Crippen molar-refractivity contribution in [1.29, 1.82) is 0 Å². The van der Waals surface area contributed by atoms with E-state index < -0.39 is 17.2 Å². The van der Waals surface area contributed by atoms with Gasteiger partial charge in [0.05, 0.1) is 0 Å². The van der Waals surface area contributed by atoms with Gasteiger partial charge in [0.2, 0.25) is 0 Å². The summed E-state index contributed by atoms with van der Waals surface area (Å²) >= 11 is 0. The van der Waals surface area contributed by atoms with Gasteiger partial charge in [0, 0.05) is 12.7 Å². The Kier molecular flexibility index (Phi) is 4.42. The Morgan fingerprint density at radius 3 is 2.45 bits per heavy atom. The summed E-state index contributed by atoms with van der Waals surface area (Å²) in [5.41, 5.74) is -1.75. The van der Waals surface area contributed by atoms with Crippen molar-refractivity contribution in [2.24, 2.45) is 11.8 Å². The van der Waals surface area contributed by atoms with Gasteiger partial charge < -0.3 is 5.11 Å². The molecule has 110 valence electrons. The second-order valence-corrected chi connectivity index (χ2v) is 5.55. The van der Waals surface area contributed by atoms with Crippen molar-refractivity contribution >= 4 is 5.97 Å². The molecule has 0 saturated heterocycles. The van der Waals surface area contributed by atoms with E-state index in [0.29, 0.717) is 12.5 Å². The van der Waals surface area contributed by atoms with E-state index >= 15 is 0 Å². The second kappa shape index (κ2) is 6.07. The van der Waals surface area contributed by atoms with Crippen molar-refractivity contribution in [2.45, 2.75) is 45.6 Å². The molecule has 6 nitrogen and oxygen atoms in total. The van der Waals surface area contributed by atoms with E-state index in [1.54, 1.807) is 0 Å². The molecule has 0 spiro atoms. The minimum atomic E-state index is -1.31. The van der Waals surface area contributed by atoms with Crippen LogP contribution in [0.4, 0.5) is 0 Å². The number of hydrogen-bond donors (Lipinski definition) is 2. The van der Waals surface area contributed by atoms with Gasteiger partial charge in [-0.1, -0.05) is 26.2 Å². The maximum atomic E-state index is 11.7. The highest BCUT2D eigenvalue weighted by atomic mass is 16.4. The van der Waals surface area contributed by atoms with Gasteiger partial charge in [0.15, 0.2) is 0 Å². The number of rotatable bonds is 4. The zero-order valence-electron chi connectivity index (χ0n) is 11.6. The van der Waals surface area contributed by atoms with Crippen LogP contribution in [0.5, 0.6) is 0 Å². The van der Waals surface area contributed by atoms with E-state index in [1.165, 1.54) is 11.0 Å². The zero-order chi connectivity index (χ0) is 14.7. The second-order valence-electron chi connectivity index (χ2n) is 5.55. The molecule has 0 aliphatic heterocycles. The molecule has 0 atom stereocenters. The highest BCUT2D eigenvalue weighted by molar-refractivity contribution is 5.86. The summed E-state index contributed by atoms with van der Waals surface area (Å²) in [6, 6.07) is 0. The van der Waals surface area contributed by atoms with Crippen LogP contribution in [0.15, 0.2) is 15.8 Å². The van der Waals surface area contributed by atoms with E-state index in [0.717, 1.165) is 37.8 Å². The minimum absolute atomic E-state index is 0.378. The fraction of sp³-hybridized carbons (Fsp3) is 0.643. The predicted molar refractivity (Wildman–Crippen MR) is 74.0 cm³/mol. The van der Waals surface area contributed by atoms with Crippen molar-refractivity contribution in [1.82, 2.24) is 9.55 Å². The third-order valence-electron chi connectivity index (χ3n) is 4.24. The van der Waals surface area contributed by atoms with Crippen LogP contribution in [0.2, 0.25) is 0 Å². The van der Waals surface area contributed by atoms with E-state index in [2.05, 4.69) is 11.9 Å². The number of carboxylic acid groups (broad SMARTS) is 1. The Balaban J connectivity index is 2.14. The van der Waals surface area contributed by atoms with E-state index in [4.69, 9.17) is 5.11 Å². The Morgan fingerprint density at radius 2 is 1.90 bits per heavy atom. The number of nitrogens with zero attached hydrogens (tertiary/aromatic N) is 1. The van der Waals surface area contributed by atoms with Crippen LogP contribution in [-0.2, 0) is 6.54 Å². The van der Waals surface area contributed by atoms with Crippen LogP contribution in [0.3, 0.4) is 0 Å². The molecule has 1 fully saturated rings. The van der Waals surface area contributed by atoms with Gasteiger partial charge >= 0.3 is 11.7 Å². The number of aromatic carboxylic acids is 1. The van der Waals surface area contributed by atoms with Gasteiger partial charge in [-0.2, -0.15) is 0 Å². The first-order valence-corrected chi connectivity index (χ1v) is 7.08. The van der Waals surface area contributed by atoms with Gasteiger partial charge in [-0.3, -0.25) is 14.3 Å². The topological polar surface area (TPSA) is 92.2 Å². The normalized spacial score (nSPS) is 22.6. The molecular formula is C14H20N2O4. The average molecular weight is 280 g/mol. The molecule has 1 heterocycles. The number of H-pyrrole nitrogens is 1. The largest absolute Gasteiger partial charge is 0.477 e. The SMILES string of the molecule is CCC1CCC(Cn2cc(C(=O)O)c(=O)[nH]c2=O)CC1. The van der Waals surface area contributed by atoms with Gasteiger partial charge in [-0.25, -0.2) is 9.59 Å². The Hall–Kier alpha value is -1.85. The van der Waals surface area contributed by atoms with Gasteiger partial charge in [-0.05, 0) is 24.7 Å². The van der Waals surface area contributed by atoms with E-state index in [-0.39, 0.29) is 5.56 Å². The molecule has 20 heavy (non-hydrogen) atoms. The van der Waals surface area contributed by atoms with Gasteiger partial charge in [0.25, 0.3) is 5.56 Å². The summed E-state index contributed by atoms with van der Waals surface area (Å²) in [6.45, 7) is 2.67. The summed E-state index contributed by atoms with van der Waals surface area (Å²) in [5.74, 6) is -0.161. The molecule has 6 heteroatoms. The van der Waals surface area contributed by atoms with Crippen molar-refractivity contribution in [2.75, 3.05) is 0 Å². The molecule has 1 aromatic heterocycles. The summed E-state index contributed by atoms with van der Waals surface area (Å²) in [7, 11) is 0. The summed E-state index contributed by atoms with van der Waals surface area (Å²) in [4.78, 5) is 36.1. The smallest absolute Gasteiger partial charge is 0.342 e. The van der Waals surface area contributed by atoms with E-state index in [1.807, 2.05) is 0 Å². The Morgan fingerprint density at radius 1 is 1.30 bits per heavy atom. The van der Waals surface area contributed by atoms with E-state index in [9.17, 15) is 14.4 Å². The fourth-order valence-electron chi connectivity index (χ4n) is 2.90. The standard InChI is InChI=1S/C14H20N2O4/c1-2-9-3-5-10(6-4-9)7-16-8-11(13(18)19)12(17)15-14(16)20/h8-10H,2-7H2,1H3,(H,18,19)(H,15,17,20). The molecule has 2 N–H and O–H groups in total. The molecule has 0 amide bonds. The van der Waals surface area contributed by atoms with Crippen molar-refractivity contribution in [3.63, 3.8) is 0 Å². The van der Waals surface area contributed by atoms with Crippen molar-refractivity contribution < 1.29 is 9.90 Å². The predicted octanol–water partition coefficient (Wildman–Crippen LogP) is 1.45. The summed E-state index contributed by atoms with van der Waals surface area (Å²) in [5, 5.41) is 8.92. The third kappa shape index (κ3) is 3.18. The number of nitrogens with one attached hydrogen (secondary N) is 1. The molecule has 1 saturated carbocycles. The van der Waals surface area contributed by atoms with Crippen LogP contribution < -0.4 is 11.2 Å². The first-order chi connectivity index (χ1) is 9.51. The molecule has 1 aliphatic rings. The first kappa shape index (κ1) is 14.6. The van der Waals surface area contributed by atoms with Crippen LogP contribution in [0, 0.1) is 11.8 Å². The Bertz CT molecular complexity index is 594. The molecule has 0 unspecified atom stereocenters. The lowest BCUT2D eigenvalue weighted by Crippen LogP contribution is -2.35. The monoisotopic (exact) mass is 280 g/mol. The summed E-state index contributed by atoms with van der Waals surface area (Å²) in [6.07, 6.45) is 6.76. The van der Waals surface area contributed by atoms with Gasteiger partial charge in [-0.15, -0.1) is 0 Å². The lowest BCUT2D eigenvalue weighted by Gasteiger charge is -2.28. The fourth-order valence-corrected chi connectivity index (χ4v) is 2.90. The summed E-state index contributed by atoms with van der Waals surface area (Å²) < 4.78 is 1.32. The average Bonchev–Trinajstić information content (AvgIpc) is 2.42. The third-order valence-corrected chi connectivity index (χ3v) is 4.24. The minimum Gasteiger partial charge on any atom is -0.477 e. The number of carboxylic acids is 1. The lowest BCUT2D eigenvalue weighted by atomic mass is 9.81. The lowest BCUT2D eigenvalue weighted by molar-refractivity contribution is 0.0693. The van der Waals surface area contributed by atoms with Crippen LogP contribution in [-0.4, -0.2) is 20.6 Å². The highest BCUT2D eigenvalue weighted by Gasteiger charge is 2.21. The van der Waals surface area contributed by atoms with Crippen LogP contribution in [0.1, 0.15) is 49.4 Å². The molecule has 2 rings (SSSR count). The quantitative estimate of drug-likeness (QED) is 0.873. The zero-order valence-corrected chi connectivity index (χ0v) is 11.6. The van der Waals surface area contributed by atoms with Gasteiger partial charge in [0.1, 0.15) is 5.56 Å². The number of carbonyl (C=O) groups is 1. The molecular weight excluding hydrogens is 260 g/mol. The maximum absolute atomic E-state index is 11.7. The maximum Gasteiger partial charge on any atom is 0.342 e. The number of hydrogen-bond acceptors (Lipinski definition) is 3. The van der Waals surface area contributed by atoms with Crippen molar-refractivity contribution in [3.05, 3.63) is 32.6 Å². The molecule has 0 bridgehead atoms. The number of aromatic amines is 1. The Labute approximate surface area is 116 Å². The molecule has 1 aromatic rings. The molecule has 0 aromatic carbocycles. The molecule has 1 aliphatic carbocycles.